The Balaban J connectivity index is 2.40. The summed E-state index contributed by atoms with van der Waals surface area (Å²) in [6.45, 7) is 0. The average Bonchev–Trinajstić information content (AvgIpc) is 2.41. The molecule has 5 heteroatoms. The van der Waals surface area contributed by atoms with Crippen molar-refractivity contribution in [1.29, 1.82) is 0 Å². The summed E-state index contributed by atoms with van der Waals surface area (Å²) in [5.74, 6) is -0.809. The lowest BCUT2D eigenvalue weighted by molar-refractivity contribution is 0.0959. The second kappa shape index (κ2) is 5.27. The number of nitrogens with one attached hydrogen (secondary N) is 1. The molecule has 2 rings (SSSR count). The molecule has 0 fully saturated rings. The molecule has 0 aliphatic heterocycles. The van der Waals surface area contributed by atoms with E-state index in [9.17, 15) is 9.18 Å². The van der Waals surface area contributed by atoms with E-state index >= 15 is 0 Å². The third-order valence-electron chi connectivity index (χ3n) is 2.29. The van der Waals surface area contributed by atoms with E-state index in [1.807, 2.05) is 6.07 Å². The minimum atomic E-state index is -0.681. The van der Waals surface area contributed by atoms with Gasteiger partial charge in [-0.3, -0.25) is 9.78 Å². The predicted molar refractivity (Wildman–Crippen MR) is 64.1 cm³/mol. The molecule has 4 nitrogen and oxygen atoms in total. The van der Waals surface area contributed by atoms with Crippen LogP contribution in [0.3, 0.4) is 0 Å². The first-order valence-corrected chi connectivity index (χ1v) is 5.31. The molecule has 0 aliphatic carbocycles. The summed E-state index contributed by atoms with van der Waals surface area (Å²) in [5.41, 5.74) is 0.0568. The van der Waals surface area contributed by atoms with Crippen molar-refractivity contribution in [2.75, 3.05) is 7.05 Å². The van der Waals surface area contributed by atoms with Crippen molar-refractivity contribution in [3.8, 4) is 11.5 Å². The zero-order valence-corrected chi connectivity index (χ0v) is 9.68. The molecule has 0 saturated carbocycles. The number of hydrogen-bond acceptors (Lipinski definition) is 3. The summed E-state index contributed by atoms with van der Waals surface area (Å²) in [5, 5.41) is 2.41. The third-order valence-corrected chi connectivity index (χ3v) is 2.29. The predicted octanol–water partition coefficient (Wildman–Crippen LogP) is 2.37. The Morgan fingerprint density at radius 2 is 2.00 bits per heavy atom. The molecule has 0 aliphatic rings. The topological polar surface area (TPSA) is 51.2 Å². The molecule has 2 aromatic rings. The Morgan fingerprint density at radius 1 is 1.28 bits per heavy atom. The standard InChI is InChI=1S/C13H11FN2O2/c1-15-13(17)10-7-16-8-11(14)12(10)18-9-5-3-2-4-6-9/h2-8H,1H3,(H,15,17). The molecule has 0 saturated heterocycles. The lowest BCUT2D eigenvalue weighted by atomic mass is 10.2. The van der Waals surface area contributed by atoms with E-state index < -0.39 is 11.7 Å². The number of nitrogens with zero attached hydrogens (tertiary/aromatic N) is 1. The summed E-state index contributed by atoms with van der Waals surface area (Å²) >= 11 is 0. The smallest absolute Gasteiger partial charge is 0.256 e. The van der Waals surface area contributed by atoms with Crippen molar-refractivity contribution in [3.63, 3.8) is 0 Å². The Hall–Kier alpha value is -2.43. The van der Waals surface area contributed by atoms with Gasteiger partial charge in [0, 0.05) is 13.2 Å². The maximum atomic E-state index is 13.7. The van der Waals surface area contributed by atoms with Gasteiger partial charge in [0.05, 0.1) is 6.20 Å². The fraction of sp³-hybridized carbons (Fsp3) is 0.0769. The largest absolute Gasteiger partial charge is 0.453 e. The lowest BCUT2D eigenvalue weighted by Gasteiger charge is -2.10. The Kier molecular flexibility index (Phi) is 3.52. The van der Waals surface area contributed by atoms with E-state index in [1.54, 1.807) is 24.3 Å². The van der Waals surface area contributed by atoms with Crippen LogP contribution in [0.4, 0.5) is 4.39 Å². The highest BCUT2D eigenvalue weighted by molar-refractivity contribution is 5.96. The average molecular weight is 246 g/mol. The van der Waals surface area contributed by atoms with Gasteiger partial charge < -0.3 is 10.1 Å². The van der Waals surface area contributed by atoms with Gasteiger partial charge in [-0.2, -0.15) is 0 Å². The van der Waals surface area contributed by atoms with Crippen molar-refractivity contribution >= 4 is 5.91 Å². The summed E-state index contributed by atoms with van der Waals surface area (Å²) < 4.78 is 19.1. The number of ether oxygens (including phenoxy) is 1. The first kappa shape index (κ1) is 12.0. The van der Waals surface area contributed by atoms with Crippen molar-refractivity contribution in [1.82, 2.24) is 10.3 Å². The van der Waals surface area contributed by atoms with Crippen LogP contribution < -0.4 is 10.1 Å². The van der Waals surface area contributed by atoms with Crippen LogP contribution >= 0.6 is 0 Å². The van der Waals surface area contributed by atoms with E-state index in [1.165, 1.54) is 13.2 Å². The van der Waals surface area contributed by atoms with Crippen LogP contribution in [-0.4, -0.2) is 17.9 Å². The van der Waals surface area contributed by atoms with Gasteiger partial charge in [-0.15, -0.1) is 0 Å². The number of rotatable bonds is 3. The number of aromatic nitrogens is 1. The summed E-state index contributed by atoms with van der Waals surface area (Å²) in [6.07, 6.45) is 2.27. The van der Waals surface area contributed by atoms with Gasteiger partial charge >= 0.3 is 0 Å². The van der Waals surface area contributed by atoms with E-state index in [4.69, 9.17) is 4.74 Å². The molecular weight excluding hydrogens is 235 g/mol. The third kappa shape index (κ3) is 2.45. The summed E-state index contributed by atoms with van der Waals surface area (Å²) in [6, 6.07) is 8.68. The van der Waals surface area contributed by atoms with Gasteiger partial charge in [-0.05, 0) is 12.1 Å². The van der Waals surface area contributed by atoms with Gasteiger partial charge in [0.15, 0.2) is 11.6 Å². The number of halogens is 1. The highest BCUT2D eigenvalue weighted by atomic mass is 19.1. The quantitative estimate of drug-likeness (QED) is 0.904. The molecule has 0 unspecified atom stereocenters. The van der Waals surface area contributed by atoms with Gasteiger partial charge in [0.2, 0.25) is 0 Å². The molecule has 1 amide bonds. The van der Waals surface area contributed by atoms with E-state index in [-0.39, 0.29) is 11.3 Å². The number of hydrogen-bond donors (Lipinski definition) is 1. The highest BCUT2D eigenvalue weighted by Gasteiger charge is 2.17. The fourth-order valence-corrected chi connectivity index (χ4v) is 1.43. The number of para-hydroxylation sites is 1. The second-order valence-corrected chi connectivity index (χ2v) is 3.49. The molecule has 18 heavy (non-hydrogen) atoms. The van der Waals surface area contributed by atoms with Crippen molar-refractivity contribution in [3.05, 3.63) is 54.1 Å². The first-order chi connectivity index (χ1) is 8.72. The number of pyridine rings is 1. The van der Waals surface area contributed by atoms with E-state index in [0.29, 0.717) is 5.75 Å². The highest BCUT2D eigenvalue weighted by Crippen LogP contribution is 2.27. The molecule has 1 aromatic heterocycles. The molecule has 0 bridgehead atoms. The maximum Gasteiger partial charge on any atom is 0.256 e. The zero-order valence-electron chi connectivity index (χ0n) is 9.68. The summed E-state index contributed by atoms with van der Waals surface area (Å²) in [4.78, 5) is 15.2. The van der Waals surface area contributed by atoms with Crippen molar-refractivity contribution in [2.24, 2.45) is 0 Å². The second-order valence-electron chi connectivity index (χ2n) is 3.49. The number of carbonyl (C=O) groups is 1. The molecule has 1 N–H and O–H groups in total. The van der Waals surface area contributed by atoms with Gasteiger partial charge in [0.1, 0.15) is 11.3 Å². The molecular formula is C13H11FN2O2. The maximum absolute atomic E-state index is 13.7. The normalized spacial score (nSPS) is 9.89. The fourth-order valence-electron chi connectivity index (χ4n) is 1.43. The molecule has 92 valence electrons. The van der Waals surface area contributed by atoms with Gasteiger partial charge in [-0.25, -0.2) is 4.39 Å². The van der Waals surface area contributed by atoms with Crippen LogP contribution in [0.15, 0.2) is 42.7 Å². The summed E-state index contributed by atoms with van der Waals surface area (Å²) in [7, 11) is 1.46. The molecule has 1 aromatic carbocycles. The van der Waals surface area contributed by atoms with Crippen LogP contribution in [0.25, 0.3) is 0 Å². The minimum Gasteiger partial charge on any atom is -0.453 e. The Bertz CT molecular complexity index is 558. The van der Waals surface area contributed by atoms with E-state index in [0.717, 1.165) is 6.20 Å². The first-order valence-electron chi connectivity index (χ1n) is 5.31. The lowest BCUT2D eigenvalue weighted by Crippen LogP contribution is -2.19. The van der Waals surface area contributed by atoms with Crippen molar-refractivity contribution in [2.45, 2.75) is 0 Å². The van der Waals surface area contributed by atoms with Crippen LogP contribution in [0, 0.1) is 5.82 Å². The number of amides is 1. The Labute approximate surface area is 103 Å². The SMILES string of the molecule is CNC(=O)c1cncc(F)c1Oc1ccccc1. The van der Waals surface area contributed by atoms with Crippen LogP contribution in [-0.2, 0) is 0 Å². The zero-order chi connectivity index (χ0) is 13.0. The monoisotopic (exact) mass is 246 g/mol. The van der Waals surface area contributed by atoms with E-state index in [2.05, 4.69) is 10.3 Å². The molecule has 1 heterocycles. The van der Waals surface area contributed by atoms with Crippen LogP contribution in [0.2, 0.25) is 0 Å². The number of benzene rings is 1. The van der Waals surface area contributed by atoms with Gasteiger partial charge in [-0.1, -0.05) is 18.2 Å². The van der Waals surface area contributed by atoms with Crippen LogP contribution in [0.1, 0.15) is 10.4 Å². The van der Waals surface area contributed by atoms with Crippen LogP contribution in [0.5, 0.6) is 11.5 Å². The molecule has 0 atom stereocenters. The Morgan fingerprint density at radius 3 is 2.67 bits per heavy atom. The number of carbonyl (C=O) groups excluding carboxylic acids is 1. The molecule has 0 spiro atoms. The molecule has 0 radical (unpaired) electrons. The van der Waals surface area contributed by atoms with Crippen molar-refractivity contribution < 1.29 is 13.9 Å². The minimum absolute atomic E-state index is 0.0568. The van der Waals surface area contributed by atoms with Gasteiger partial charge in [0.25, 0.3) is 5.91 Å².